The molecule has 2 aromatic carbocycles. The SMILES string of the molecule is CCOC(=O)C1=C(C)N=c2sc(=Cc3coc4ccccc4c3=O)c(=O)n2C1c1ccccc1. The number of hydrogen-bond acceptors (Lipinski definition) is 7. The first kappa shape index (κ1) is 21.8. The molecule has 0 saturated heterocycles. The first-order valence-corrected chi connectivity index (χ1v) is 11.6. The molecule has 3 heterocycles. The number of esters is 1. The van der Waals surface area contributed by atoms with Crippen LogP contribution in [0.15, 0.2) is 91.1 Å². The van der Waals surface area contributed by atoms with Crippen LogP contribution in [0.5, 0.6) is 0 Å². The second-order valence-corrected chi connectivity index (χ2v) is 8.74. The van der Waals surface area contributed by atoms with Crippen molar-refractivity contribution in [2.45, 2.75) is 19.9 Å². The van der Waals surface area contributed by atoms with Gasteiger partial charge in [0.05, 0.1) is 39.4 Å². The zero-order chi connectivity index (χ0) is 23.8. The van der Waals surface area contributed by atoms with Crippen molar-refractivity contribution in [1.82, 2.24) is 4.57 Å². The van der Waals surface area contributed by atoms with Crippen LogP contribution in [-0.2, 0) is 9.53 Å². The van der Waals surface area contributed by atoms with Gasteiger partial charge in [0.2, 0.25) is 0 Å². The fourth-order valence-electron chi connectivity index (χ4n) is 4.08. The summed E-state index contributed by atoms with van der Waals surface area (Å²) >= 11 is 1.16. The molecule has 5 rings (SSSR count). The number of hydrogen-bond donors (Lipinski definition) is 0. The summed E-state index contributed by atoms with van der Waals surface area (Å²) in [4.78, 5) is 44.4. The Balaban J connectivity index is 1.74. The van der Waals surface area contributed by atoms with Gasteiger partial charge in [0.25, 0.3) is 5.56 Å². The number of carbonyl (C=O) groups is 1. The van der Waals surface area contributed by atoms with Crippen LogP contribution in [0, 0.1) is 0 Å². The van der Waals surface area contributed by atoms with E-state index in [0.29, 0.717) is 31.6 Å². The molecule has 2 aromatic heterocycles. The molecule has 1 unspecified atom stereocenters. The summed E-state index contributed by atoms with van der Waals surface area (Å²) in [5.41, 5.74) is 1.74. The summed E-state index contributed by atoms with van der Waals surface area (Å²) < 4.78 is 12.7. The Morgan fingerprint density at radius 3 is 2.65 bits per heavy atom. The number of fused-ring (bicyclic) bond motifs is 2. The van der Waals surface area contributed by atoms with Gasteiger partial charge in [0.15, 0.2) is 10.2 Å². The zero-order valence-electron chi connectivity index (χ0n) is 18.5. The van der Waals surface area contributed by atoms with E-state index < -0.39 is 12.0 Å². The number of allylic oxidation sites excluding steroid dienone is 1. The molecule has 0 saturated carbocycles. The van der Waals surface area contributed by atoms with Gasteiger partial charge in [-0.05, 0) is 37.6 Å². The van der Waals surface area contributed by atoms with Crippen LogP contribution in [0.3, 0.4) is 0 Å². The molecular formula is C26H20N2O5S. The number of benzene rings is 2. The fraction of sp³-hybridized carbons (Fsp3) is 0.154. The minimum atomic E-state index is -0.688. The average molecular weight is 473 g/mol. The minimum absolute atomic E-state index is 0.208. The van der Waals surface area contributed by atoms with Crippen LogP contribution in [0.2, 0.25) is 0 Å². The first-order chi connectivity index (χ1) is 16.5. The van der Waals surface area contributed by atoms with Crippen LogP contribution < -0.4 is 20.3 Å². The maximum Gasteiger partial charge on any atom is 0.338 e. The number of ether oxygens (including phenoxy) is 1. The summed E-state index contributed by atoms with van der Waals surface area (Å²) in [6.07, 6.45) is 2.88. The Kier molecular flexibility index (Phi) is 5.59. The quantitative estimate of drug-likeness (QED) is 0.426. The normalized spacial score (nSPS) is 15.8. The van der Waals surface area contributed by atoms with E-state index in [0.717, 1.165) is 16.9 Å². The van der Waals surface area contributed by atoms with Crippen LogP contribution in [-0.4, -0.2) is 17.1 Å². The largest absolute Gasteiger partial charge is 0.463 e. The molecule has 0 bridgehead atoms. The Labute approximate surface area is 197 Å². The summed E-state index contributed by atoms with van der Waals surface area (Å²) in [7, 11) is 0. The van der Waals surface area contributed by atoms with Crippen molar-refractivity contribution >= 4 is 34.4 Å². The molecule has 34 heavy (non-hydrogen) atoms. The van der Waals surface area contributed by atoms with E-state index in [4.69, 9.17) is 9.15 Å². The molecule has 4 aromatic rings. The predicted octanol–water partition coefficient (Wildman–Crippen LogP) is 2.90. The lowest BCUT2D eigenvalue weighted by atomic mass is 9.96. The molecule has 0 aliphatic carbocycles. The maximum absolute atomic E-state index is 13.6. The van der Waals surface area contributed by atoms with Crippen molar-refractivity contribution in [3.8, 4) is 0 Å². The van der Waals surface area contributed by atoms with Crippen molar-refractivity contribution in [3.63, 3.8) is 0 Å². The second-order valence-electron chi connectivity index (χ2n) is 7.73. The smallest absolute Gasteiger partial charge is 0.338 e. The number of para-hydroxylation sites is 1. The molecule has 0 N–H and O–H groups in total. The third kappa shape index (κ3) is 3.62. The van der Waals surface area contributed by atoms with E-state index in [9.17, 15) is 14.4 Å². The van der Waals surface area contributed by atoms with Crippen molar-refractivity contribution in [3.05, 3.63) is 113 Å². The third-order valence-electron chi connectivity index (χ3n) is 5.63. The monoisotopic (exact) mass is 472 g/mol. The number of thiazole rings is 1. The molecule has 7 nitrogen and oxygen atoms in total. The Morgan fingerprint density at radius 2 is 1.88 bits per heavy atom. The fourth-order valence-corrected chi connectivity index (χ4v) is 5.11. The van der Waals surface area contributed by atoms with Crippen LogP contribution in [0.25, 0.3) is 17.0 Å². The lowest BCUT2D eigenvalue weighted by molar-refractivity contribution is -0.139. The molecule has 0 radical (unpaired) electrons. The van der Waals surface area contributed by atoms with E-state index >= 15 is 0 Å². The Morgan fingerprint density at radius 1 is 1.15 bits per heavy atom. The van der Waals surface area contributed by atoms with Crippen molar-refractivity contribution < 1.29 is 13.9 Å². The highest BCUT2D eigenvalue weighted by Crippen LogP contribution is 2.30. The summed E-state index contributed by atoms with van der Waals surface area (Å²) in [5, 5.41) is 0.437. The molecule has 0 fully saturated rings. The predicted molar refractivity (Wildman–Crippen MR) is 129 cm³/mol. The summed E-state index contributed by atoms with van der Waals surface area (Å²) in [5.74, 6) is -0.512. The van der Waals surface area contributed by atoms with Crippen LogP contribution in [0.1, 0.15) is 31.0 Å². The molecule has 1 aliphatic heterocycles. The molecule has 1 atom stereocenters. The Bertz CT molecular complexity index is 1690. The van der Waals surface area contributed by atoms with E-state index in [-0.39, 0.29) is 23.2 Å². The topological polar surface area (TPSA) is 90.9 Å². The van der Waals surface area contributed by atoms with E-state index in [1.807, 2.05) is 30.3 Å². The van der Waals surface area contributed by atoms with Crippen molar-refractivity contribution in [2.24, 2.45) is 4.99 Å². The van der Waals surface area contributed by atoms with E-state index in [1.54, 1.807) is 38.1 Å². The van der Waals surface area contributed by atoms with Gasteiger partial charge in [-0.1, -0.05) is 53.8 Å². The Hall–Kier alpha value is -4.04. The van der Waals surface area contributed by atoms with Gasteiger partial charge < -0.3 is 9.15 Å². The summed E-state index contributed by atoms with van der Waals surface area (Å²) in [6.45, 7) is 3.67. The average Bonchev–Trinajstić information content (AvgIpc) is 3.15. The second kappa shape index (κ2) is 8.72. The summed E-state index contributed by atoms with van der Waals surface area (Å²) in [6, 6.07) is 15.5. The zero-order valence-corrected chi connectivity index (χ0v) is 19.3. The minimum Gasteiger partial charge on any atom is -0.463 e. The number of rotatable bonds is 4. The standard InChI is InChI=1S/C26H20N2O5S/c1-3-32-25(31)21-15(2)27-26-28(22(21)16-9-5-4-6-10-16)24(30)20(34-26)13-17-14-33-19-12-8-7-11-18(19)23(17)29/h4-14,22H,3H2,1-2H3. The molecule has 0 amide bonds. The lowest BCUT2D eigenvalue weighted by Crippen LogP contribution is -2.40. The van der Waals surface area contributed by atoms with Crippen LogP contribution >= 0.6 is 11.3 Å². The van der Waals surface area contributed by atoms with Gasteiger partial charge in [0.1, 0.15) is 11.8 Å². The lowest BCUT2D eigenvalue weighted by Gasteiger charge is -2.24. The van der Waals surface area contributed by atoms with E-state index in [2.05, 4.69) is 4.99 Å². The van der Waals surface area contributed by atoms with Crippen LogP contribution in [0.4, 0.5) is 0 Å². The van der Waals surface area contributed by atoms with Gasteiger partial charge >= 0.3 is 5.97 Å². The molecule has 1 aliphatic rings. The highest BCUT2D eigenvalue weighted by Gasteiger charge is 2.33. The maximum atomic E-state index is 13.6. The highest BCUT2D eigenvalue weighted by atomic mass is 32.1. The number of nitrogens with zero attached hydrogens (tertiary/aromatic N) is 2. The van der Waals surface area contributed by atoms with Gasteiger partial charge in [0, 0.05) is 0 Å². The number of aromatic nitrogens is 1. The van der Waals surface area contributed by atoms with E-state index in [1.165, 1.54) is 16.9 Å². The van der Waals surface area contributed by atoms with Crippen molar-refractivity contribution in [1.29, 1.82) is 0 Å². The van der Waals surface area contributed by atoms with Crippen molar-refractivity contribution in [2.75, 3.05) is 6.61 Å². The van der Waals surface area contributed by atoms with Gasteiger partial charge in [-0.2, -0.15) is 0 Å². The van der Waals surface area contributed by atoms with Gasteiger partial charge in [-0.15, -0.1) is 0 Å². The number of carbonyl (C=O) groups excluding carboxylic acids is 1. The highest BCUT2D eigenvalue weighted by molar-refractivity contribution is 7.07. The molecule has 170 valence electrons. The third-order valence-corrected chi connectivity index (χ3v) is 6.61. The molecule has 8 heteroatoms. The first-order valence-electron chi connectivity index (χ1n) is 10.7. The van der Waals surface area contributed by atoms with Gasteiger partial charge in [-0.25, -0.2) is 9.79 Å². The van der Waals surface area contributed by atoms with Gasteiger partial charge in [-0.3, -0.25) is 14.2 Å². The molecular weight excluding hydrogens is 452 g/mol. The molecule has 0 spiro atoms.